The summed E-state index contributed by atoms with van der Waals surface area (Å²) in [6.07, 6.45) is -78.2. The van der Waals surface area contributed by atoms with Crippen molar-refractivity contribution in [3.63, 3.8) is 0 Å². The van der Waals surface area contributed by atoms with Crippen LogP contribution in [0.3, 0.4) is 0 Å². The predicted molar refractivity (Wildman–Crippen MR) is 339 cm³/mol. The molecule has 0 saturated carbocycles. The minimum absolute atomic E-state index is 0.806. The molecule has 7 aliphatic rings. The van der Waals surface area contributed by atoms with Crippen molar-refractivity contribution in [1.29, 1.82) is 0 Å². The minimum Gasteiger partial charge on any atom is -0.477 e. The van der Waals surface area contributed by atoms with Crippen LogP contribution in [0.5, 0.6) is 0 Å². The van der Waals surface area contributed by atoms with Crippen LogP contribution in [0.4, 0.5) is 0 Å². The van der Waals surface area contributed by atoms with E-state index < -0.39 is 345 Å². The summed E-state index contributed by atoms with van der Waals surface area (Å²) in [7, 11) is 0. The lowest BCUT2D eigenvalue weighted by molar-refractivity contribution is -0.405. The Morgan fingerprint density at radius 2 is 0.766 bits per heavy atom. The summed E-state index contributed by atoms with van der Waals surface area (Å²) >= 11 is 0. The molecule has 7 rings (SSSR count). The molecular weight excluding hydrogens is 1520 g/mol. The first-order chi connectivity index (χ1) is 51.9. The van der Waals surface area contributed by atoms with Crippen molar-refractivity contribution in [1.82, 2.24) is 21.3 Å². The summed E-state index contributed by atoms with van der Waals surface area (Å²) in [5.74, 6) is -22.6. The van der Waals surface area contributed by atoms with Gasteiger partial charge in [0.15, 0.2) is 25.2 Å². The molecule has 0 radical (unpaired) electrons. The fourth-order valence-corrected chi connectivity index (χ4v) is 13.9. The number of hydrogen-bond acceptors (Lipinski definition) is 43. The van der Waals surface area contributed by atoms with Crippen LogP contribution in [0.15, 0.2) is 0 Å². The Labute approximate surface area is 626 Å². The topological polar surface area (TPSA) is 799 Å². The van der Waals surface area contributed by atoms with Crippen LogP contribution < -0.4 is 21.3 Å². The summed E-state index contributed by atoms with van der Waals surface area (Å²) in [4.78, 5) is 104. The second-order valence-electron chi connectivity index (χ2n) is 27.4. The number of carboxylic acids is 3. The molecule has 7 heterocycles. The summed E-state index contributed by atoms with van der Waals surface area (Å²) in [5, 5.41) is 277. The van der Waals surface area contributed by atoms with Gasteiger partial charge < -0.3 is 210 Å². The largest absolute Gasteiger partial charge is 0.477 e. The first kappa shape index (κ1) is 92.6. The van der Waals surface area contributed by atoms with Crippen molar-refractivity contribution in [2.24, 2.45) is 0 Å². The lowest BCUT2D eigenvalue weighted by Gasteiger charge is -2.53. The van der Waals surface area contributed by atoms with E-state index >= 15 is 0 Å². The molecule has 0 aromatic heterocycles. The van der Waals surface area contributed by atoms with Gasteiger partial charge in [0.2, 0.25) is 23.6 Å². The number of carbonyl (C=O) groups excluding carboxylic acids is 5. The lowest BCUT2D eigenvalue weighted by atomic mass is 9.87. The number of hydrogen-bond donors (Lipinski definition) is 28. The zero-order chi connectivity index (χ0) is 83.1. The van der Waals surface area contributed by atoms with Gasteiger partial charge in [0.25, 0.3) is 17.4 Å². The molecule has 7 aliphatic heterocycles. The SMILES string of the molecule is CC(=O)N[C@H]1[C@H](O[C@@H]2[C@H](O[C@]3(C(=O)O)C[C@H](O)[C@@H](NC(C)=O)[C@H]([C@H](O)[C@@H](CO)O[C@]4(C(=O)O)C[C@H](O)[C@@H](NC(C)=O)[C@H]([C@H](O)[C@H](O)COC(C)=O)O4)O3)[C@@H](O)[C@H](O[C@H]3[C@H](O)[C@@H](O)[C@H](O)O[C@@H]3CO)O[C@@H]2CO)O[C@H](CO)[C@H](O)[C@@H]1O[C@@H]1O[C@H](CO)[C@H](O)[C@H](O[C@]2(C(=O)O)C[C@H](O)[C@@H](NC(C)=O)[C@H]([C@H](O)[C@H](O)CO)O2)[C@H]1O. The summed E-state index contributed by atoms with van der Waals surface area (Å²) < 4.78 is 80.7. The van der Waals surface area contributed by atoms with Gasteiger partial charge in [-0.05, 0) is 0 Å². The molecule has 50 heteroatoms. The monoisotopic (exact) mass is 1620 g/mol. The van der Waals surface area contributed by atoms with E-state index in [1.807, 2.05) is 0 Å². The van der Waals surface area contributed by atoms with Crippen LogP contribution in [-0.4, -0.2) is 448 Å². The third kappa shape index (κ3) is 20.6. The van der Waals surface area contributed by atoms with E-state index in [0.29, 0.717) is 0 Å². The van der Waals surface area contributed by atoms with Crippen molar-refractivity contribution < 1.29 is 227 Å². The lowest BCUT2D eigenvalue weighted by Crippen LogP contribution is -2.73. The Bertz CT molecular complexity index is 3140. The molecule has 50 nitrogen and oxygen atoms in total. The number of aliphatic hydroxyl groups excluding tert-OH is 21. The second-order valence-corrected chi connectivity index (χ2v) is 27.4. The number of nitrogens with one attached hydrogen (secondary N) is 4. The molecule has 28 N–H and O–H groups in total. The first-order valence-corrected chi connectivity index (χ1v) is 34.4. The standard InChI is InChI=1S/C61H98N4O46/c1-16(72)62-31-22(78)7-60(57(94)95,108-47(31)35(82)24(80)9-66)110-50-38(85)27(11-68)101-54(42(50)89)105-46-34(65-19(4)75)53(100-26(10-67)37(46)84)104-45-30(14-71)102-55(103-44-29(13-70)99-52(91)41(88)40(44)87)43(90)51(45)111-61(58(96)97)8-23(79)33(64-18(3)74)49(109-61)39(86)28(12-69)106-59(56(92)93)6-21(77)32(63-17(2)73)48(107-59)36(83)25(81)15-98-20(5)76/h21-55,66-71,77-91H,6-15H2,1-5H3,(H,62,72)(H,63,73)(H,64,74)(H,65,75)(H,92,93)(H,94,95)(H,96,97)/t21-,22-,23-,24+,25+,26+,27+,28+,29+,30+,31+,32+,33+,34+,35+,36+,37-,38-,39+,40+,41+,42+,43+,44+,45-,46+,47+,48+,49+,50-,51+,52+,53-,54-,55-,59+,60-,61-/m0/s1. The normalized spacial score (nSPS) is 42.5. The number of amides is 4. The molecule has 0 aromatic rings. The van der Waals surface area contributed by atoms with Gasteiger partial charge in [-0.15, -0.1) is 0 Å². The Morgan fingerprint density at radius 3 is 1.20 bits per heavy atom. The molecule has 0 aliphatic carbocycles. The van der Waals surface area contributed by atoms with E-state index in [2.05, 4.69) is 21.3 Å². The molecule has 638 valence electrons. The predicted octanol–water partition coefficient (Wildman–Crippen LogP) is -17.5. The number of carbonyl (C=O) groups is 8. The smallest absolute Gasteiger partial charge is 0.364 e. The van der Waals surface area contributed by atoms with Gasteiger partial charge >= 0.3 is 23.9 Å². The van der Waals surface area contributed by atoms with Crippen molar-refractivity contribution in [2.75, 3.05) is 46.2 Å². The zero-order valence-electron chi connectivity index (χ0n) is 59.5. The third-order valence-electron chi connectivity index (χ3n) is 19.4. The maximum absolute atomic E-state index is 14.2. The molecule has 0 unspecified atom stereocenters. The van der Waals surface area contributed by atoms with Gasteiger partial charge in [-0.3, -0.25) is 24.0 Å². The van der Waals surface area contributed by atoms with Crippen LogP contribution in [0.2, 0.25) is 0 Å². The molecule has 38 atom stereocenters. The van der Waals surface area contributed by atoms with Gasteiger partial charge in [-0.25, -0.2) is 14.4 Å². The fourth-order valence-electron chi connectivity index (χ4n) is 13.9. The number of rotatable bonds is 33. The number of esters is 1. The van der Waals surface area contributed by atoms with E-state index in [4.69, 9.17) is 66.3 Å². The average molecular weight is 1620 g/mol. The number of aliphatic hydroxyl groups is 21. The van der Waals surface area contributed by atoms with Crippen molar-refractivity contribution in [3.05, 3.63) is 0 Å². The Hall–Kier alpha value is -5.60. The minimum atomic E-state index is -3.77. The van der Waals surface area contributed by atoms with Crippen LogP contribution in [0, 0.1) is 0 Å². The molecule has 0 aromatic carbocycles. The number of aliphatic carboxylic acids is 3. The van der Waals surface area contributed by atoms with Crippen LogP contribution in [0.25, 0.3) is 0 Å². The maximum Gasteiger partial charge on any atom is 0.364 e. The molecule has 0 bridgehead atoms. The molecule has 0 spiro atoms. The van der Waals surface area contributed by atoms with E-state index in [1.54, 1.807) is 0 Å². The van der Waals surface area contributed by atoms with Gasteiger partial charge in [0.1, 0.15) is 159 Å². The molecule has 4 amide bonds. The average Bonchev–Trinajstić information content (AvgIpc) is 0.748. The summed E-state index contributed by atoms with van der Waals surface area (Å²) in [5.41, 5.74) is 0. The van der Waals surface area contributed by atoms with Gasteiger partial charge in [-0.2, -0.15) is 0 Å². The highest BCUT2D eigenvalue weighted by Crippen LogP contribution is 2.44. The van der Waals surface area contributed by atoms with Crippen LogP contribution in [0.1, 0.15) is 53.9 Å². The highest BCUT2D eigenvalue weighted by atomic mass is 16.8. The first-order valence-electron chi connectivity index (χ1n) is 34.4. The van der Waals surface area contributed by atoms with Gasteiger partial charge in [0, 0.05) is 53.9 Å². The van der Waals surface area contributed by atoms with Crippen molar-refractivity contribution >= 4 is 47.5 Å². The van der Waals surface area contributed by atoms with Crippen molar-refractivity contribution in [3.8, 4) is 0 Å². The van der Waals surface area contributed by atoms with E-state index in [0.717, 1.165) is 34.6 Å². The second kappa shape index (κ2) is 38.9. The molecule has 7 saturated heterocycles. The van der Waals surface area contributed by atoms with Gasteiger partial charge in [-0.1, -0.05) is 0 Å². The van der Waals surface area contributed by atoms with E-state index in [1.165, 1.54) is 0 Å². The molecular formula is C61H98N4O46. The van der Waals surface area contributed by atoms with Crippen LogP contribution in [-0.2, 0) is 105 Å². The highest BCUT2D eigenvalue weighted by Gasteiger charge is 2.66. The number of ether oxygens (including phenoxy) is 14. The quantitative estimate of drug-likeness (QED) is 0.0271. The molecule has 7 fully saturated rings. The maximum atomic E-state index is 14.2. The third-order valence-corrected chi connectivity index (χ3v) is 19.4. The number of carboxylic acid groups (broad SMARTS) is 3. The van der Waals surface area contributed by atoms with Crippen molar-refractivity contribution in [2.45, 2.75) is 285 Å². The molecule has 111 heavy (non-hydrogen) atoms. The Morgan fingerprint density at radius 1 is 0.396 bits per heavy atom. The summed E-state index contributed by atoms with van der Waals surface area (Å²) in [6, 6.07) is -8.07. The van der Waals surface area contributed by atoms with E-state index in [9.17, 15) is 161 Å². The Balaban J connectivity index is 1.31. The van der Waals surface area contributed by atoms with Gasteiger partial charge in [0.05, 0.1) is 76.1 Å². The van der Waals surface area contributed by atoms with Crippen LogP contribution >= 0.6 is 0 Å². The highest BCUT2D eigenvalue weighted by molar-refractivity contribution is 5.78. The zero-order valence-corrected chi connectivity index (χ0v) is 59.5. The Kier molecular flexibility index (Phi) is 32.4. The summed E-state index contributed by atoms with van der Waals surface area (Å²) in [6.45, 7) is -4.83. The van der Waals surface area contributed by atoms with E-state index in [-0.39, 0.29) is 0 Å². The fraction of sp³-hybridized carbons (Fsp3) is 0.869.